The zero-order valence-corrected chi connectivity index (χ0v) is 17.8. The number of benzene rings is 1. The number of pyridine rings is 1. The summed E-state index contributed by atoms with van der Waals surface area (Å²) in [7, 11) is 0. The highest BCUT2D eigenvalue weighted by Crippen LogP contribution is 2.23. The van der Waals surface area contributed by atoms with Crippen LogP contribution in [0.4, 0.5) is 5.82 Å². The van der Waals surface area contributed by atoms with Crippen LogP contribution >= 0.6 is 0 Å². The number of hydrogen-bond donors (Lipinski definition) is 1. The molecule has 0 radical (unpaired) electrons. The molecule has 1 saturated heterocycles. The van der Waals surface area contributed by atoms with Crippen LogP contribution in [0.5, 0.6) is 0 Å². The molecule has 2 aromatic heterocycles. The minimum atomic E-state index is -0.251. The van der Waals surface area contributed by atoms with Crippen LogP contribution < -0.4 is 5.32 Å². The monoisotopic (exact) mass is 418 g/mol. The highest BCUT2D eigenvalue weighted by Gasteiger charge is 2.29. The predicted octanol–water partition coefficient (Wildman–Crippen LogP) is 3.77. The number of aryl methyl sites for hydroxylation is 2. The third kappa shape index (κ3) is 4.99. The van der Waals surface area contributed by atoms with Crippen LogP contribution in [0.3, 0.4) is 0 Å². The number of likely N-dealkylation sites (tertiary alicyclic amines) is 1. The number of aromatic nitrogens is 2. The Morgan fingerprint density at radius 1 is 1.16 bits per heavy atom. The van der Waals surface area contributed by atoms with Crippen molar-refractivity contribution in [2.75, 3.05) is 18.4 Å². The van der Waals surface area contributed by atoms with Gasteiger partial charge >= 0.3 is 0 Å². The van der Waals surface area contributed by atoms with E-state index < -0.39 is 0 Å². The van der Waals surface area contributed by atoms with Gasteiger partial charge in [0.1, 0.15) is 11.6 Å². The third-order valence-corrected chi connectivity index (χ3v) is 5.54. The number of carbonyl (C=O) groups is 2. The first-order valence-electron chi connectivity index (χ1n) is 10.5. The summed E-state index contributed by atoms with van der Waals surface area (Å²) in [6, 6.07) is 13.3. The van der Waals surface area contributed by atoms with Crippen LogP contribution in [0.15, 0.2) is 53.1 Å². The number of nitrogens with one attached hydrogen (secondary N) is 1. The summed E-state index contributed by atoms with van der Waals surface area (Å²) >= 11 is 0. The second-order valence-electron chi connectivity index (χ2n) is 7.95. The Kier molecular flexibility index (Phi) is 6.11. The highest BCUT2D eigenvalue weighted by molar-refractivity contribution is 5.92. The Hall–Kier alpha value is -3.48. The fourth-order valence-electron chi connectivity index (χ4n) is 3.74. The Bertz CT molecular complexity index is 1060. The van der Waals surface area contributed by atoms with E-state index in [2.05, 4.69) is 15.3 Å². The SMILES string of the molecule is Cc1ccc(NC(=O)C2CCCN(C(=O)Cc3nc(-c4ccccc4)oc3C)C2)nc1. The lowest BCUT2D eigenvalue weighted by Crippen LogP contribution is -2.44. The van der Waals surface area contributed by atoms with Gasteiger partial charge in [0.25, 0.3) is 0 Å². The van der Waals surface area contributed by atoms with Gasteiger partial charge in [0.2, 0.25) is 17.7 Å². The first kappa shape index (κ1) is 20.8. The number of nitrogens with zero attached hydrogens (tertiary/aromatic N) is 3. The van der Waals surface area contributed by atoms with E-state index in [1.807, 2.05) is 50.2 Å². The van der Waals surface area contributed by atoms with Gasteiger partial charge in [0.05, 0.1) is 18.0 Å². The van der Waals surface area contributed by atoms with Crippen LogP contribution in [0.1, 0.15) is 29.9 Å². The molecule has 1 fully saturated rings. The molecule has 31 heavy (non-hydrogen) atoms. The van der Waals surface area contributed by atoms with E-state index in [1.165, 1.54) is 0 Å². The summed E-state index contributed by atoms with van der Waals surface area (Å²) < 4.78 is 5.77. The van der Waals surface area contributed by atoms with Crippen molar-refractivity contribution in [1.82, 2.24) is 14.9 Å². The molecule has 2 amide bonds. The van der Waals surface area contributed by atoms with E-state index >= 15 is 0 Å². The maximum absolute atomic E-state index is 12.9. The summed E-state index contributed by atoms with van der Waals surface area (Å²) in [5.74, 6) is 1.30. The zero-order valence-electron chi connectivity index (χ0n) is 17.8. The molecule has 4 rings (SSSR count). The summed E-state index contributed by atoms with van der Waals surface area (Å²) in [6.07, 6.45) is 3.42. The Morgan fingerprint density at radius 2 is 1.97 bits per heavy atom. The van der Waals surface area contributed by atoms with Gasteiger partial charge in [0.15, 0.2) is 0 Å². The fraction of sp³-hybridized carbons (Fsp3) is 0.333. The summed E-state index contributed by atoms with van der Waals surface area (Å²) in [5.41, 5.74) is 2.55. The van der Waals surface area contributed by atoms with Gasteiger partial charge in [-0.1, -0.05) is 24.3 Å². The first-order chi connectivity index (χ1) is 15.0. The van der Waals surface area contributed by atoms with Crippen molar-refractivity contribution in [2.45, 2.75) is 33.1 Å². The van der Waals surface area contributed by atoms with Crippen LogP contribution in [-0.4, -0.2) is 39.8 Å². The van der Waals surface area contributed by atoms with Crippen molar-refractivity contribution in [3.8, 4) is 11.5 Å². The average Bonchev–Trinajstić information content (AvgIpc) is 3.16. The zero-order chi connectivity index (χ0) is 21.8. The normalized spacial score (nSPS) is 16.2. The molecule has 3 aromatic rings. The summed E-state index contributed by atoms with van der Waals surface area (Å²) in [6.45, 7) is 4.82. The second-order valence-corrected chi connectivity index (χ2v) is 7.95. The van der Waals surface area contributed by atoms with Crippen LogP contribution in [0, 0.1) is 19.8 Å². The van der Waals surface area contributed by atoms with E-state index in [-0.39, 0.29) is 24.2 Å². The average molecular weight is 418 g/mol. The Balaban J connectivity index is 1.38. The molecule has 0 bridgehead atoms. The lowest BCUT2D eigenvalue weighted by atomic mass is 9.96. The van der Waals surface area contributed by atoms with Crippen molar-refractivity contribution in [1.29, 1.82) is 0 Å². The Morgan fingerprint density at radius 3 is 2.71 bits per heavy atom. The topological polar surface area (TPSA) is 88.3 Å². The smallest absolute Gasteiger partial charge is 0.230 e. The number of carbonyl (C=O) groups excluding carboxylic acids is 2. The number of oxazole rings is 1. The minimum absolute atomic E-state index is 0.0398. The molecule has 7 heteroatoms. The van der Waals surface area contributed by atoms with Gasteiger partial charge in [-0.25, -0.2) is 9.97 Å². The van der Waals surface area contributed by atoms with Crippen molar-refractivity contribution in [3.63, 3.8) is 0 Å². The second kappa shape index (κ2) is 9.12. The van der Waals surface area contributed by atoms with Crippen molar-refractivity contribution in [2.24, 2.45) is 5.92 Å². The van der Waals surface area contributed by atoms with Gasteiger partial charge in [-0.15, -0.1) is 0 Å². The molecule has 0 spiro atoms. The molecule has 7 nitrogen and oxygen atoms in total. The van der Waals surface area contributed by atoms with E-state index in [9.17, 15) is 9.59 Å². The number of rotatable bonds is 5. The van der Waals surface area contributed by atoms with Crippen molar-refractivity contribution < 1.29 is 14.0 Å². The van der Waals surface area contributed by atoms with Crippen LogP contribution in [-0.2, 0) is 16.0 Å². The standard InChI is InChI=1S/C24H26N4O3/c1-16-10-11-21(25-14-16)27-23(30)19-9-6-12-28(15-19)22(29)13-20-17(2)31-24(26-20)18-7-4-3-5-8-18/h3-5,7-8,10-11,14,19H,6,9,12-13,15H2,1-2H3,(H,25,27,30). The molecule has 1 atom stereocenters. The lowest BCUT2D eigenvalue weighted by Gasteiger charge is -2.32. The van der Waals surface area contributed by atoms with Gasteiger partial charge in [-0.3, -0.25) is 9.59 Å². The molecule has 1 aromatic carbocycles. The van der Waals surface area contributed by atoms with Crippen molar-refractivity contribution in [3.05, 3.63) is 65.7 Å². The Labute approximate surface area is 181 Å². The van der Waals surface area contributed by atoms with Crippen LogP contribution in [0.2, 0.25) is 0 Å². The quantitative estimate of drug-likeness (QED) is 0.681. The molecule has 3 heterocycles. The number of hydrogen-bond acceptors (Lipinski definition) is 5. The van der Waals surface area contributed by atoms with Crippen molar-refractivity contribution >= 4 is 17.6 Å². The maximum atomic E-state index is 12.9. The molecule has 1 N–H and O–H groups in total. The van der Waals surface area contributed by atoms with E-state index in [0.29, 0.717) is 36.3 Å². The molecular formula is C24H26N4O3. The van der Waals surface area contributed by atoms with E-state index in [0.717, 1.165) is 24.0 Å². The molecule has 0 aliphatic carbocycles. The minimum Gasteiger partial charge on any atom is -0.441 e. The van der Waals surface area contributed by atoms with E-state index in [1.54, 1.807) is 17.2 Å². The molecule has 1 unspecified atom stereocenters. The third-order valence-electron chi connectivity index (χ3n) is 5.54. The number of anilines is 1. The highest BCUT2D eigenvalue weighted by atomic mass is 16.4. The molecule has 160 valence electrons. The summed E-state index contributed by atoms with van der Waals surface area (Å²) in [5, 5.41) is 2.86. The maximum Gasteiger partial charge on any atom is 0.230 e. The molecule has 0 saturated carbocycles. The number of amides is 2. The van der Waals surface area contributed by atoms with Gasteiger partial charge in [0, 0.05) is 24.8 Å². The lowest BCUT2D eigenvalue weighted by molar-refractivity contribution is -0.134. The predicted molar refractivity (Wildman–Crippen MR) is 117 cm³/mol. The van der Waals surface area contributed by atoms with Gasteiger partial charge in [-0.05, 0) is 50.5 Å². The van der Waals surface area contributed by atoms with Crippen LogP contribution in [0.25, 0.3) is 11.5 Å². The fourth-order valence-corrected chi connectivity index (χ4v) is 3.74. The van der Waals surface area contributed by atoms with Gasteiger partial charge in [-0.2, -0.15) is 0 Å². The summed E-state index contributed by atoms with van der Waals surface area (Å²) in [4.78, 5) is 36.1. The van der Waals surface area contributed by atoms with E-state index in [4.69, 9.17) is 4.42 Å². The molecular weight excluding hydrogens is 392 g/mol. The molecule has 1 aliphatic heterocycles. The first-order valence-corrected chi connectivity index (χ1v) is 10.5. The number of piperidine rings is 1. The molecule has 1 aliphatic rings. The van der Waals surface area contributed by atoms with Gasteiger partial charge < -0.3 is 14.6 Å². The largest absolute Gasteiger partial charge is 0.441 e.